The monoisotopic (exact) mass is 261 g/mol. The number of H-pyrrole nitrogens is 1. The third kappa shape index (κ3) is 1.93. The van der Waals surface area contributed by atoms with Crippen molar-refractivity contribution in [2.24, 2.45) is 0 Å². The summed E-state index contributed by atoms with van der Waals surface area (Å²) >= 11 is 0. The van der Waals surface area contributed by atoms with Gasteiger partial charge in [-0.3, -0.25) is 9.59 Å². The number of aromatic nitrogens is 1. The number of nitrogens with zero attached hydrogens (tertiary/aromatic N) is 2. The van der Waals surface area contributed by atoms with Crippen LogP contribution in [0.2, 0.25) is 0 Å². The van der Waals surface area contributed by atoms with Crippen LogP contribution in [0.4, 0.5) is 0 Å². The number of rotatable bonds is 1. The summed E-state index contributed by atoms with van der Waals surface area (Å²) in [6, 6.07) is 3.64. The summed E-state index contributed by atoms with van der Waals surface area (Å²) < 4.78 is 0. The quantitative estimate of drug-likeness (QED) is 0.827. The number of likely N-dealkylation sites (tertiary alicyclic amines) is 2. The van der Waals surface area contributed by atoms with Gasteiger partial charge in [-0.25, -0.2) is 0 Å². The molecule has 5 nitrogen and oxygen atoms in total. The fourth-order valence-corrected chi connectivity index (χ4v) is 3.28. The van der Waals surface area contributed by atoms with Crippen LogP contribution in [0.3, 0.4) is 0 Å². The molecule has 3 heterocycles. The molecule has 2 saturated heterocycles. The smallest absolute Gasteiger partial charge is 0.270 e. The van der Waals surface area contributed by atoms with Crippen molar-refractivity contribution in [1.82, 2.24) is 14.8 Å². The van der Waals surface area contributed by atoms with Gasteiger partial charge in [0.15, 0.2) is 0 Å². The molecular formula is C14H19N3O2. The summed E-state index contributed by atoms with van der Waals surface area (Å²) in [5.74, 6) is 0.302. The lowest BCUT2D eigenvalue weighted by molar-refractivity contribution is -0.130. The number of carbonyl (C=O) groups is 2. The highest BCUT2D eigenvalue weighted by atomic mass is 16.2. The lowest BCUT2D eigenvalue weighted by Gasteiger charge is -2.43. The van der Waals surface area contributed by atoms with Crippen LogP contribution in [0.15, 0.2) is 18.3 Å². The van der Waals surface area contributed by atoms with Gasteiger partial charge in [0.2, 0.25) is 5.91 Å². The number of hydrogen-bond acceptors (Lipinski definition) is 2. The predicted octanol–water partition coefficient (Wildman–Crippen LogP) is 1.24. The van der Waals surface area contributed by atoms with Crippen LogP contribution in [0, 0.1) is 0 Å². The van der Waals surface area contributed by atoms with Gasteiger partial charge in [0, 0.05) is 38.3 Å². The first kappa shape index (κ1) is 12.3. The molecule has 1 N–H and O–H groups in total. The van der Waals surface area contributed by atoms with Crippen molar-refractivity contribution >= 4 is 11.8 Å². The number of aromatic amines is 1. The zero-order valence-corrected chi connectivity index (χ0v) is 11.2. The summed E-state index contributed by atoms with van der Waals surface area (Å²) in [4.78, 5) is 30.7. The molecule has 0 bridgehead atoms. The van der Waals surface area contributed by atoms with Gasteiger partial charge < -0.3 is 14.8 Å². The third-order valence-electron chi connectivity index (χ3n) is 4.70. The topological polar surface area (TPSA) is 56.4 Å². The number of carbonyl (C=O) groups excluding carboxylic acids is 2. The van der Waals surface area contributed by atoms with Crippen molar-refractivity contribution in [3.05, 3.63) is 24.0 Å². The van der Waals surface area contributed by atoms with E-state index in [2.05, 4.69) is 4.98 Å². The summed E-state index contributed by atoms with van der Waals surface area (Å²) in [5.41, 5.74) is 0.649. The molecule has 3 rings (SSSR count). The molecule has 5 heteroatoms. The molecule has 0 unspecified atom stereocenters. The highest BCUT2D eigenvalue weighted by Crippen LogP contribution is 2.38. The molecule has 102 valence electrons. The first-order valence-corrected chi connectivity index (χ1v) is 6.82. The fraction of sp³-hybridized carbons (Fsp3) is 0.571. The Morgan fingerprint density at radius 1 is 1.32 bits per heavy atom. The van der Waals surface area contributed by atoms with Gasteiger partial charge in [-0.05, 0) is 31.4 Å². The molecule has 1 aromatic heterocycles. The van der Waals surface area contributed by atoms with Crippen LogP contribution < -0.4 is 0 Å². The van der Waals surface area contributed by atoms with Crippen LogP contribution >= 0.6 is 0 Å². The van der Waals surface area contributed by atoms with E-state index in [-0.39, 0.29) is 17.4 Å². The Kier molecular flexibility index (Phi) is 2.84. The van der Waals surface area contributed by atoms with Crippen molar-refractivity contribution < 1.29 is 9.59 Å². The maximum absolute atomic E-state index is 12.2. The summed E-state index contributed by atoms with van der Waals surface area (Å²) in [7, 11) is 1.90. The molecule has 1 aromatic rings. The molecule has 0 saturated carbocycles. The average molecular weight is 261 g/mol. The number of amides is 2. The standard InChI is InChI=1S/C14H19N3O2/c1-16-12(18)4-5-14(16)6-9-17(10-7-14)13(19)11-3-2-8-15-11/h2-3,8,15H,4-7,9-10H2,1H3. The molecule has 0 aliphatic carbocycles. The minimum Gasteiger partial charge on any atom is -0.357 e. The highest BCUT2D eigenvalue weighted by molar-refractivity contribution is 5.92. The van der Waals surface area contributed by atoms with Crippen molar-refractivity contribution in [3.63, 3.8) is 0 Å². The zero-order valence-electron chi connectivity index (χ0n) is 11.2. The van der Waals surface area contributed by atoms with E-state index in [0.29, 0.717) is 12.1 Å². The molecule has 2 fully saturated rings. The normalized spacial score (nSPS) is 22.3. The van der Waals surface area contributed by atoms with Crippen molar-refractivity contribution in [1.29, 1.82) is 0 Å². The van der Waals surface area contributed by atoms with Gasteiger partial charge in [-0.2, -0.15) is 0 Å². The maximum Gasteiger partial charge on any atom is 0.270 e. The molecule has 2 aliphatic heterocycles. The Hall–Kier alpha value is -1.78. The second kappa shape index (κ2) is 4.40. The SMILES string of the molecule is CN1C(=O)CCC12CCN(C(=O)c1ccc[nH]1)CC2. The summed E-state index contributed by atoms with van der Waals surface area (Å²) in [6.07, 6.45) is 5.14. The van der Waals surface area contributed by atoms with E-state index in [1.54, 1.807) is 12.3 Å². The summed E-state index contributed by atoms with van der Waals surface area (Å²) in [5, 5.41) is 0. The molecule has 2 aliphatic rings. The van der Waals surface area contributed by atoms with E-state index in [9.17, 15) is 9.59 Å². The van der Waals surface area contributed by atoms with Gasteiger partial charge >= 0.3 is 0 Å². The Morgan fingerprint density at radius 3 is 2.58 bits per heavy atom. The van der Waals surface area contributed by atoms with E-state index in [1.807, 2.05) is 22.9 Å². The van der Waals surface area contributed by atoms with Crippen LogP contribution in [-0.2, 0) is 4.79 Å². The Morgan fingerprint density at radius 2 is 2.05 bits per heavy atom. The van der Waals surface area contributed by atoms with E-state index in [1.165, 1.54) is 0 Å². The summed E-state index contributed by atoms with van der Waals surface area (Å²) in [6.45, 7) is 1.46. The molecule has 2 amide bonds. The fourth-order valence-electron chi connectivity index (χ4n) is 3.28. The van der Waals surface area contributed by atoms with Crippen LogP contribution in [0.5, 0.6) is 0 Å². The lowest BCUT2D eigenvalue weighted by Crippen LogP contribution is -2.52. The van der Waals surface area contributed by atoms with E-state index in [4.69, 9.17) is 0 Å². The maximum atomic E-state index is 12.2. The van der Waals surface area contributed by atoms with E-state index in [0.717, 1.165) is 32.4 Å². The van der Waals surface area contributed by atoms with E-state index < -0.39 is 0 Å². The first-order chi connectivity index (χ1) is 9.12. The second-order valence-electron chi connectivity index (χ2n) is 5.55. The number of hydrogen-bond donors (Lipinski definition) is 1. The first-order valence-electron chi connectivity index (χ1n) is 6.82. The zero-order chi connectivity index (χ0) is 13.5. The molecule has 19 heavy (non-hydrogen) atoms. The van der Waals surface area contributed by atoms with Crippen molar-refractivity contribution in [3.8, 4) is 0 Å². The van der Waals surface area contributed by atoms with Gasteiger partial charge in [-0.15, -0.1) is 0 Å². The van der Waals surface area contributed by atoms with Crippen LogP contribution in [0.1, 0.15) is 36.2 Å². The Bertz CT molecular complexity index is 487. The Labute approximate surface area is 112 Å². The average Bonchev–Trinajstić information content (AvgIpc) is 3.05. The van der Waals surface area contributed by atoms with Crippen LogP contribution in [-0.4, -0.2) is 52.3 Å². The largest absolute Gasteiger partial charge is 0.357 e. The lowest BCUT2D eigenvalue weighted by atomic mass is 9.85. The molecular weight excluding hydrogens is 242 g/mol. The van der Waals surface area contributed by atoms with Crippen molar-refractivity contribution in [2.75, 3.05) is 20.1 Å². The van der Waals surface area contributed by atoms with Gasteiger partial charge in [0.05, 0.1) is 0 Å². The van der Waals surface area contributed by atoms with Crippen molar-refractivity contribution in [2.45, 2.75) is 31.2 Å². The third-order valence-corrected chi connectivity index (χ3v) is 4.70. The molecule has 0 aromatic carbocycles. The second-order valence-corrected chi connectivity index (χ2v) is 5.55. The molecule has 0 atom stereocenters. The number of nitrogens with one attached hydrogen (secondary N) is 1. The van der Waals surface area contributed by atoms with Crippen LogP contribution in [0.25, 0.3) is 0 Å². The van der Waals surface area contributed by atoms with Gasteiger partial charge in [0.1, 0.15) is 5.69 Å². The Balaban J connectivity index is 1.67. The minimum atomic E-state index is 0.00357. The molecule has 0 radical (unpaired) electrons. The highest BCUT2D eigenvalue weighted by Gasteiger charge is 2.45. The van der Waals surface area contributed by atoms with Gasteiger partial charge in [-0.1, -0.05) is 0 Å². The van der Waals surface area contributed by atoms with E-state index >= 15 is 0 Å². The number of piperidine rings is 1. The molecule has 1 spiro atoms. The minimum absolute atomic E-state index is 0.00357. The van der Waals surface area contributed by atoms with Gasteiger partial charge in [0.25, 0.3) is 5.91 Å². The predicted molar refractivity (Wildman–Crippen MR) is 70.7 cm³/mol.